The van der Waals surface area contributed by atoms with Crippen LogP contribution in [0.5, 0.6) is 5.75 Å². The molecule has 3 rings (SSSR count). The van der Waals surface area contributed by atoms with Gasteiger partial charge in [-0.05, 0) is 12.1 Å². The summed E-state index contributed by atoms with van der Waals surface area (Å²) in [5.41, 5.74) is -0.147. The molecule has 7 heteroatoms. The van der Waals surface area contributed by atoms with Gasteiger partial charge in [-0.2, -0.15) is 4.98 Å². The molecule has 28 heavy (non-hydrogen) atoms. The maximum atomic E-state index is 12.5. The molecule has 2 aromatic rings. The number of nitrogens with zero attached hydrogens (tertiary/aromatic N) is 4. The van der Waals surface area contributed by atoms with Crippen molar-refractivity contribution in [2.75, 3.05) is 39.3 Å². The first kappa shape index (κ1) is 20.3. The number of carbonyl (C=O) groups excluding carboxylic acids is 1. The second kappa shape index (κ2) is 9.19. The fourth-order valence-corrected chi connectivity index (χ4v) is 3.06. The van der Waals surface area contributed by atoms with Gasteiger partial charge in [0, 0.05) is 51.0 Å². The highest BCUT2D eigenvalue weighted by Crippen LogP contribution is 2.19. The van der Waals surface area contributed by atoms with E-state index in [1.54, 1.807) is 0 Å². The lowest BCUT2D eigenvalue weighted by Gasteiger charge is -2.34. The van der Waals surface area contributed by atoms with Gasteiger partial charge in [0.05, 0.1) is 0 Å². The van der Waals surface area contributed by atoms with Gasteiger partial charge in [-0.3, -0.25) is 9.69 Å². The zero-order chi connectivity index (χ0) is 20.0. The Morgan fingerprint density at radius 2 is 1.86 bits per heavy atom. The average molecular weight is 386 g/mol. The van der Waals surface area contributed by atoms with Crippen molar-refractivity contribution in [3.05, 3.63) is 42.0 Å². The van der Waals surface area contributed by atoms with E-state index in [1.165, 1.54) is 0 Å². The van der Waals surface area contributed by atoms with Crippen LogP contribution in [0, 0.1) is 0 Å². The molecule has 7 nitrogen and oxygen atoms in total. The van der Waals surface area contributed by atoms with Crippen LogP contribution in [0.4, 0.5) is 0 Å². The Morgan fingerprint density at radius 1 is 1.14 bits per heavy atom. The number of hydrogen-bond donors (Lipinski definition) is 0. The Hall–Kier alpha value is -2.41. The van der Waals surface area contributed by atoms with E-state index in [-0.39, 0.29) is 11.3 Å². The maximum Gasteiger partial charge on any atom is 0.227 e. The zero-order valence-corrected chi connectivity index (χ0v) is 17.1. The van der Waals surface area contributed by atoms with Gasteiger partial charge in [0.2, 0.25) is 11.8 Å². The molecular formula is C21H30N4O3. The number of benzene rings is 1. The minimum Gasteiger partial charge on any atom is -0.492 e. The quantitative estimate of drug-likeness (QED) is 0.728. The molecule has 152 valence electrons. The number of piperazine rings is 1. The van der Waals surface area contributed by atoms with Crippen LogP contribution < -0.4 is 4.74 Å². The number of rotatable bonds is 7. The van der Waals surface area contributed by atoms with E-state index in [1.807, 2.05) is 56.0 Å². The van der Waals surface area contributed by atoms with Crippen molar-refractivity contribution in [3.63, 3.8) is 0 Å². The summed E-state index contributed by atoms with van der Waals surface area (Å²) in [6.07, 6.45) is 0.899. The van der Waals surface area contributed by atoms with Crippen LogP contribution in [0.3, 0.4) is 0 Å². The summed E-state index contributed by atoms with van der Waals surface area (Å²) >= 11 is 0. The number of ether oxygens (including phenoxy) is 1. The van der Waals surface area contributed by atoms with E-state index in [0.29, 0.717) is 31.2 Å². The van der Waals surface area contributed by atoms with Crippen molar-refractivity contribution in [2.45, 2.75) is 39.0 Å². The number of aryl methyl sites for hydroxylation is 1. The minimum absolute atomic E-state index is 0.147. The summed E-state index contributed by atoms with van der Waals surface area (Å²) in [4.78, 5) is 21.1. The highest BCUT2D eigenvalue weighted by molar-refractivity contribution is 5.76. The first-order valence-corrected chi connectivity index (χ1v) is 9.93. The van der Waals surface area contributed by atoms with Crippen LogP contribution in [0.2, 0.25) is 0 Å². The van der Waals surface area contributed by atoms with Gasteiger partial charge in [-0.15, -0.1) is 0 Å². The van der Waals surface area contributed by atoms with E-state index >= 15 is 0 Å². The normalized spacial score (nSPS) is 15.6. The average Bonchev–Trinajstić information content (AvgIpc) is 3.17. The van der Waals surface area contributed by atoms with Crippen molar-refractivity contribution in [1.29, 1.82) is 0 Å². The van der Waals surface area contributed by atoms with Crippen LogP contribution in [0.25, 0.3) is 0 Å². The molecule has 2 heterocycles. The Labute approximate surface area is 166 Å². The van der Waals surface area contributed by atoms with E-state index in [4.69, 9.17) is 9.26 Å². The van der Waals surface area contributed by atoms with E-state index < -0.39 is 0 Å². The number of carbonyl (C=O) groups is 1. The zero-order valence-electron chi connectivity index (χ0n) is 17.1. The molecule has 0 aliphatic carbocycles. The molecule has 1 aliphatic heterocycles. The molecule has 0 unspecified atom stereocenters. The molecule has 1 aromatic carbocycles. The topological polar surface area (TPSA) is 71.7 Å². The van der Waals surface area contributed by atoms with Crippen LogP contribution in [0.15, 0.2) is 34.9 Å². The van der Waals surface area contributed by atoms with Gasteiger partial charge in [0.15, 0.2) is 5.82 Å². The number of para-hydroxylation sites is 1. The maximum absolute atomic E-state index is 12.5. The number of aromatic nitrogens is 2. The Morgan fingerprint density at radius 3 is 2.50 bits per heavy atom. The first-order chi connectivity index (χ1) is 13.4. The molecular weight excluding hydrogens is 356 g/mol. The lowest BCUT2D eigenvalue weighted by molar-refractivity contribution is -0.133. The molecule has 1 amide bonds. The molecule has 1 aliphatic rings. The van der Waals surface area contributed by atoms with Gasteiger partial charge >= 0.3 is 0 Å². The monoisotopic (exact) mass is 386 g/mol. The molecule has 0 radical (unpaired) electrons. The molecule has 0 bridgehead atoms. The Balaban J connectivity index is 1.35. The summed E-state index contributed by atoms with van der Waals surface area (Å²) in [7, 11) is 0. The predicted octanol–water partition coefficient (Wildman–Crippen LogP) is 2.52. The first-order valence-electron chi connectivity index (χ1n) is 9.93. The van der Waals surface area contributed by atoms with Crippen LogP contribution in [-0.4, -0.2) is 65.2 Å². The van der Waals surface area contributed by atoms with Gasteiger partial charge in [-0.1, -0.05) is 44.1 Å². The molecule has 1 saturated heterocycles. The standard InChI is InChI=1S/C21H30N4O3/c1-21(2,3)20-22-18(28-23-20)9-10-19(26)25-13-11-24(12-14-25)15-16-27-17-7-5-4-6-8-17/h4-8H,9-16H2,1-3H3. The van der Waals surface area contributed by atoms with Gasteiger partial charge in [0.25, 0.3) is 0 Å². The SMILES string of the molecule is CC(C)(C)c1noc(CCC(=O)N2CCN(CCOc3ccccc3)CC2)n1. The smallest absolute Gasteiger partial charge is 0.227 e. The van der Waals surface area contributed by atoms with E-state index in [0.717, 1.165) is 38.5 Å². The summed E-state index contributed by atoms with van der Waals surface area (Å²) in [5, 5.41) is 4.01. The van der Waals surface area contributed by atoms with Crippen LogP contribution >= 0.6 is 0 Å². The summed E-state index contributed by atoms with van der Waals surface area (Å²) in [6.45, 7) is 10.9. The second-order valence-electron chi connectivity index (χ2n) is 8.15. The summed E-state index contributed by atoms with van der Waals surface area (Å²) < 4.78 is 11.0. The van der Waals surface area contributed by atoms with Crippen molar-refractivity contribution >= 4 is 5.91 Å². The lowest BCUT2D eigenvalue weighted by atomic mass is 9.96. The lowest BCUT2D eigenvalue weighted by Crippen LogP contribution is -2.49. The highest BCUT2D eigenvalue weighted by Gasteiger charge is 2.23. The Bertz CT molecular complexity index is 747. The third-order valence-electron chi connectivity index (χ3n) is 4.84. The van der Waals surface area contributed by atoms with Gasteiger partial charge in [0.1, 0.15) is 12.4 Å². The van der Waals surface area contributed by atoms with Crippen molar-refractivity contribution < 1.29 is 14.1 Å². The molecule has 0 spiro atoms. The fraction of sp³-hybridized carbons (Fsp3) is 0.571. The molecule has 0 N–H and O–H groups in total. The largest absolute Gasteiger partial charge is 0.492 e. The highest BCUT2D eigenvalue weighted by atomic mass is 16.5. The second-order valence-corrected chi connectivity index (χ2v) is 8.15. The Kier molecular flexibility index (Phi) is 6.67. The fourth-order valence-electron chi connectivity index (χ4n) is 3.06. The van der Waals surface area contributed by atoms with Crippen LogP contribution in [0.1, 0.15) is 38.9 Å². The third kappa shape index (κ3) is 5.79. The summed E-state index contributed by atoms with van der Waals surface area (Å²) in [5.74, 6) is 2.26. The van der Waals surface area contributed by atoms with Gasteiger partial charge < -0.3 is 14.2 Å². The number of hydrogen-bond acceptors (Lipinski definition) is 6. The molecule has 0 atom stereocenters. The molecule has 1 fully saturated rings. The van der Waals surface area contributed by atoms with Crippen molar-refractivity contribution in [1.82, 2.24) is 19.9 Å². The molecule has 0 saturated carbocycles. The van der Waals surface area contributed by atoms with E-state index in [9.17, 15) is 4.79 Å². The van der Waals surface area contributed by atoms with Gasteiger partial charge in [-0.25, -0.2) is 0 Å². The van der Waals surface area contributed by atoms with E-state index in [2.05, 4.69) is 15.0 Å². The van der Waals surface area contributed by atoms with Crippen molar-refractivity contribution in [3.8, 4) is 5.75 Å². The minimum atomic E-state index is -0.147. The third-order valence-corrected chi connectivity index (χ3v) is 4.84. The van der Waals surface area contributed by atoms with Crippen LogP contribution in [-0.2, 0) is 16.6 Å². The predicted molar refractivity (Wildman–Crippen MR) is 106 cm³/mol. The summed E-state index contributed by atoms with van der Waals surface area (Å²) in [6, 6.07) is 9.84. The number of amides is 1. The molecule has 1 aromatic heterocycles. The van der Waals surface area contributed by atoms with Crippen molar-refractivity contribution in [2.24, 2.45) is 0 Å².